The Bertz CT molecular complexity index is 463. The Kier molecular flexibility index (Phi) is 7.57. The molecule has 21 heavy (non-hydrogen) atoms. The molecule has 0 aliphatic rings. The molecule has 1 amide bonds. The van der Waals surface area contributed by atoms with Gasteiger partial charge in [-0.15, -0.1) is 11.8 Å². The lowest BCUT2D eigenvalue weighted by atomic mass is 9.93. The van der Waals surface area contributed by atoms with Crippen molar-refractivity contribution >= 4 is 29.3 Å². The zero-order chi connectivity index (χ0) is 15.9. The van der Waals surface area contributed by atoms with Gasteiger partial charge < -0.3 is 10.2 Å². The Morgan fingerprint density at radius 2 is 2.10 bits per heavy atom. The van der Waals surface area contributed by atoms with Crippen molar-refractivity contribution in [3.8, 4) is 0 Å². The molecule has 0 saturated heterocycles. The van der Waals surface area contributed by atoms with Crippen molar-refractivity contribution in [2.45, 2.75) is 19.6 Å². The normalized spacial score (nSPS) is 11.7. The quantitative estimate of drug-likeness (QED) is 0.795. The van der Waals surface area contributed by atoms with Gasteiger partial charge in [0.15, 0.2) is 0 Å². The van der Waals surface area contributed by atoms with Crippen molar-refractivity contribution in [3.63, 3.8) is 0 Å². The number of amides is 1. The van der Waals surface area contributed by atoms with Gasteiger partial charge in [0, 0.05) is 23.9 Å². The second-order valence-corrected chi connectivity index (χ2v) is 7.72. The van der Waals surface area contributed by atoms with Crippen LogP contribution >= 0.6 is 23.4 Å². The van der Waals surface area contributed by atoms with Gasteiger partial charge in [-0.05, 0) is 37.2 Å². The van der Waals surface area contributed by atoms with E-state index >= 15 is 0 Å². The average molecular weight is 329 g/mol. The van der Waals surface area contributed by atoms with E-state index in [0.29, 0.717) is 12.3 Å². The predicted molar refractivity (Wildman–Crippen MR) is 93.0 cm³/mol. The Balaban J connectivity index is 2.25. The van der Waals surface area contributed by atoms with E-state index in [1.807, 2.05) is 38.4 Å². The lowest BCUT2D eigenvalue weighted by Crippen LogP contribution is -2.40. The summed E-state index contributed by atoms with van der Waals surface area (Å²) in [7, 11) is 4.09. The lowest BCUT2D eigenvalue weighted by Gasteiger charge is -2.28. The summed E-state index contributed by atoms with van der Waals surface area (Å²) in [5.41, 5.74) is 1.23. The van der Waals surface area contributed by atoms with Crippen LogP contribution in [-0.2, 0) is 10.5 Å². The molecule has 0 aromatic heterocycles. The van der Waals surface area contributed by atoms with Crippen LogP contribution in [-0.4, -0.2) is 43.7 Å². The molecular weight excluding hydrogens is 304 g/mol. The first-order valence-corrected chi connectivity index (χ1v) is 8.55. The summed E-state index contributed by atoms with van der Waals surface area (Å²) in [6.07, 6.45) is 0. The van der Waals surface area contributed by atoms with Crippen LogP contribution in [0.2, 0.25) is 5.02 Å². The molecule has 1 aromatic carbocycles. The fourth-order valence-corrected chi connectivity index (χ4v) is 3.21. The number of carbonyl (C=O) groups excluding carboxylic acids is 1. The second-order valence-electron chi connectivity index (χ2n) is 6.30. The summed E-state index contributed by atoms with van der Waals surface area (Å²) < 4.78 is 0. The third kappa shape index (κ3) is 8.34. The molecule has 3 nitrogen and oxygen atoms in total. The standard InChI is InChI=1S/C16H25ClN2OS/c1-16(2,12-19(3)4)11-18-15(20)10-21-9-13-6-5-7-14(17)8-13/h5-8H,9-12H2,1-4H3,(H,18,20). The van der Waals surface area contributed by atoms with Crippen molar-refractivity contribution in [1.29, 1.82) is 0 Å². The minimum Gasteiger partial charge on any atom is -0.355 e. The SMILES string of the molecule is CN(C)CC(C)(C)CNC(=O)CSCc1cccc(Cl)c1. The van der Waals surface area contributed by atoms with Gasteiger partial charge in [-0.1, -0.05) is 37.6 Å². The third-order valence-electron chi connectivity index (χ3n) is 2.90. The van der Waals surface area contributed by atoms with E-state index in [2.05, 4.69) is 24.1 Å². The molecule has 1 N–H and O–H groups in total. The molecule has 0 aliphatic carbocycles. The first kappa shape index (κ1) is 18.3. The van der Waals surface area contributed by atoms with Gasteiger partial charge in [-0.2, -0.15) is 0 Å². The van der Waals surface area contributed by atoms with Gasteiger partial charge >= 0.3 is 0 Å². The van der Waals surface area contributed by atoms with Crippen LogP contribution in [0.4, 0.5) is 0 Å². The lowest BCUT2D eigenvalue weighted by molar-refractivity contribution is -0.119. The van der Waals surface area contributed by atoms with Crippen molar-refractivity contribution in [3.05, 3.63) is 34.9 Å². The van der Waals surface area contributed by atoms with E-state index in [9.17, 15) is 4.79 Å². The predicted octanol–water partition coefficient (Wildman–Crippen LogP) is 3.28. The maximum atomic E-state index is 11.9. The van der Waals surface area contributed by atoms with Crippen molar-refractivity contribution in [1.82, 2.24) is 10.2 Å². The van der Waals surface area contributed by atoms with Crippen molar-refractivity contribution in [2.24, 2.45) is 5.41 Å². The smallest absolute Gasteiger partial charge is 0.230 e. The molecule has 1 rings (SSSR count). The summed E-state index contributed by atoms with van der Waals surface area (Å²) in [6, 6.07) is 7.75. The highest BCUT2D eigenvalue weighted by Crippen LogP contribution is 2.17. The number of nitrogens with zero attached hydrogens (tertiary/aromatic N) is 1. The third-order valence-corrected chi connectivity index (χ3v) is 4.14. The number of hydrogen-bond donors (Lipinski definition) is 1. The van der Waals surface area contributed by atoms with Crippen molar-refractivity contribution in [2.75, 3.05) is 32.9 Å². The molecule has 5 heteroatoms. The number of benzene rings is 1. The van der Waals surface area contributed by atoms with Gasteiger partial charge in [0.05, 0.1) is 5.75 Å². The zero-order valence-electron chi connectivity index (χ0n) is 13.3. The summed E-state index contributed by atoms with van der Waals surface area (Å²) in [5.74, 6) is 1.37. The van der Waals surface area contributed by atoms with E-state index in [-0.39, 0.29) is 11.3 Å². The van der Waals surface area contributed by atoms with Gasteiger partial charge in [0.2, 0.25) is 5.91 Å². The first-order valence-electron chi connectivity index (χ1n) is 7.02. The van der Waals surface area contributed by atoms with E-state index in [4.69, 9.17) is 11.6 Å². The Morgan fingerprint density at radius 3 is 2.71 bits per heavy atom. The van der Waals surface area contributed by atoms with Crippen LogP contribution in [0, 0.1) is 5.41 Å². The van der Waals surface area contributed by atoms with E-state index in [0.717, 1.165) is 22.9 Å². The molecule has 0 unspecified atom stereocenters. The average Bonchev–Trinajstić information content (AvgIpc) is 2.35. The molecule has 0 fully saturated rings. The Labute approximate surface area is 137 Å². The van der Waals surface area contributed by atoms with Gasteiger partial charge in [0.25, 0.3) is 0 Å². The van der Waals surface area contributed by atoms with Crippen molar-refractivity contribution < 1.29 is 4.79 Å². The summed E-state index contributed by atoms with van der Waals surface area (Å²) in [6.45, 7) is 5.96. The summed E-state index contributed by atoms with van der Waals surface area (Å²) in [4.78, 5) is 14.0. The molecule has 1 aromatic rings. The highest BCUT2D eigenvalue weighted by atomic mass is 35.5. The van der Waals surface area contributed by atoms with Crippen LogP contribution in [0.1, 0.15) is 19.4 Å². The number of carbonyl (C=O) groups is 1. The first-order chi connectivity index (χ1) is 9.78. The minimum atomic E-state index is 0.0801. The maximum absolute atomic E-state index is 11.9. The maximum Gasteiger partial charge on any atom is 0.230 e. The fourth-order valence-electron chi connectivity index (χ4n) is 2.19. The van der Waals surface area contributed by atoms with Gasteiger partial charge in [-0.3, -0.25) is 4.79 Å². The fraction of sp³-hybridized carbons (Fsp3) is 0.562. The number of hydrogen-bond acceptors (Lipinski definition) is 3. The molecule has 0 radical (unpaired) electrons. The molecule has 0 bridgehead atoms. The second kappa shape index (κ2) is 8.66. The molecule has 0 heterocycles. The van der Waals surface area contributed by atoms with Gasteiger partial charge in [-0.25, -0.2) is 0 Å². The molecule has 0 aliphatic heterocycles. The molecule has 0 saturated carbocycles. The van der Waals surface area contributed by atoms with E-state index in [1.165, 1.54) is 0 Å². The monoisotopic (exact) mass is 328 g/mol. The molecule has 0 spiro atoms. The van der Waals surface area contributed by atoms with Crippen LogP contribution < -0.4 is 5.32 Å². The summed E-state index contributed by atoms with van der Waals surface area (Å²) in [5, 5.41) is 3.75. The Hall–Kier alpha value is -0.710. The number of rotatable bonds is 8. The van der Waals surface area contributed by atoms with Crippen LogP contribution in [0.3, 0.4) is 0 Å². The number of halogens is 1. The topological polar surface area (TPSA) is 32.3 Å². The molecule has 118 valence electrons. The van der Waals surface area contributed by atoms with Crippen LogP contribution in [0.25, 0.3) is 0 Å². The minimum absolute atomic E-state index is 0.0801. The van der Waals surface area contributed by atoms with E-state index in [1.54, 1.807) is 11.8 Å². The highest BCUT2D eigenvalue weighted by molar-refractivity contribution is 7.99. The molecular formula is C16H25ClN2OS. The number of thioether (sulfide) groups is 1. The van der Waals surface area contributed by atoms with Crippen LogP contribution in [0.5, 0.6) is 0 Å². The number of nitrogens with one attached hydrogen (secondary N) is 1. The summed E-state index contributed by atoms with van der Waals surface area (Å²) >= 11 is 7.54. The Morgan fingerprint density at radius 1 is 1.38 bits per heavy atom. The zero-order valence-corrected chi connectivity index (χ0v) is 14.9. The van der Waals surface area contributed by atoms with Crippen LogP contribution in [0.15, 0.2) is 24.3 Å². The van der Waals surface area contributed by atoms with Gasteiger partial charge in [0.1, 0.15) is 0 Å². The van der Waals surface area contributed by atoms with E-state index < -0.39 is 0 Å². The largest absolute Gasteiger partial charge is 0.355 e. The molecule has 0 atom stereocenters. The highest BCUT2D eigenvalue weighted by Gasteiger charge is 2.19.